The van der Waals surface area contributed by atoms with Crippen molar-refractivity contribution in [1.82, 2.24) is 4.98 Å². The van der Waals surface area contributed by atoms with Crippen LogP contribution in [0.2, 0.25) is 0 Å². The van der Waals surface area contributed by atoms with Gasteiger partial charge in [0.1, 0.15) is 11.9 Å². The Balaban J connectivity index is 2.34. The van der Waals surface area contributed by atoms with Crippen molar-refractivity contribution in [2.45, 2.75) is 6.92 Å². The number of halogens is 2. The van der Waals surface area contributed by atoms with Crippen LogP contribution in [-0.2, 0) is 0 Å². The van der Waals surface area contributed by atoms with Crippen molar-refractivity contribution in [2.24, 2.45) is 0 Å². The zero-order valence-corrected chi connectivity index (χ0v) is 12.7. The average molecular weight is 367 g/mol. The van der Waals surface area contributed by atoms with Crippen LogP contribution in [-0.4, -0.2) is 4.98 Å². The summed E-state index contributed by atoms with van der Waals surface area (Å²) in [6.45, 7) is 1.99. The summed E-state index contributed by atoms with van der Waals surface area (Å²) in [7, 11) is 0. The van der Waals surface area contributed by atoms with E-state index >= 15 is 0 Å². The van der Waals surface area contributed by atoms with Gasteiger partial charge >= 0.3 is 0 Å². The summed E-state index contributed by atoms with van der Waals surface area (Å²) in [5.74, 6) is 0.717. The molecule has 18 heavy (non-hydrogen) atoms. The molecule has 0 aliphatic carbocycles. The number of benzene rings is 1. The highest BCUT2D eigenvalue weighted by molar-refractivity contribution is 9.10. The van der Waals surface area contributed by atoms with Crippen molar-refractivity contribution < 1.29 is 0 Å². The van der Waals surface area contributed by atoms with Crippen LogP contribution in [0.25, 0.3) is 0 Å². The fourth-order valence-corrected chi connectivity index (χ4v) is 2.04. The van der Waals surface area contributed by atoms with Gasteiger partial charge in [-0.25, -0.2) is 4.98 Å². The first-order valence-corrected chi connectivity index (χ1v) is 6.77. The molecule has 0 amide bonds. The fourth-order valence-electron chi connectivity index (χ4n) is 1.46. The molecule has 2 rings (SSSR count). The molecule has 5 heteroatoms. The highest BCUT2D eigenvalue weighted by Gasteiger charge is 2.05. The molecule has 0 unspecified atom stereocenters. The average Bonchev–Trinajstić information content (AvgIpc) is 2.36. The molecule has 2 aromatic rings. The van der Waals surface area contributed by atoms with Crippen LogP contribution in [0.15, 0.2) is 39.4 Å². The van der Waals surface area contributed by atoms with Gasteiger partial charge in [0, 0.05) is 15.1 Å². The molecular formula is C13H9Br2N3. The standard InChI is InChI=1S/C13H9Br2N3/c1-8-4-13(17-7-11(8)15)18-12-3-2-10(14)5-9(12)6-16/h2-5,7H,1H3,(H,17,18). The van der Waals surface area contributed by atoms with Crippen LogP contribution in [0, 0.1) is 18.3 Å². The largest absolute Gasteiger partial charge is 0.339 e. The molecule has 0 aliphatic rings. The van der Waals surface area contributed by atoms with Crippen LogP contribution in [0.5, 0.6) is 0 Å². The molecule has 0 saturated carbocycles. The van der Waals surface area contributed by atoms with E-state index in [1.165, 1.54) is 0 Å². The SMILES string of the molecule is Cc1cc(Nc2ccc(Br)cc2C#N)ncc1Br. The van der Waals surface area contributed by atoms with Gasteiger partial charge in [0.15, 0.2) is 0 Å². The molecule has 0 bridgehead atoms. The molecule has 1 aromatic carbocycles. The van der Waals surface area contributed by atoms with Crippen LogP contribution in [0.1, 0.15) is 11.1 Å². The minimum atomic E-state index is 0.576. The first-order valence-electron chi connectivity index (χ1n) is 5.19. The molecule has 90 valence electrons. The third-order valence-corrected chi connectivity index (χ3v) is 3.74. The van der Waals surface area contributed by atoms with E-state index in [-0.39, 0.29) is 0 Å². The van der Waals surface area contributed by atoms with Crippen LogP contribution in [0.4, 0.5) is 11.5 Å². The summed E-state index contributed by atoms with van der Waals surface area (Å²) in [6.07, 6.45) is 1.74. The summed E-state index contributed by atoms with van der Waals surface area (Å²) < 4.78 is 1.84. The van der Waals surface area contributed by atoms with E-state index in [4.69, 9.17) is 5.26 Å². The van der Waals surface area contributed by atoms with Gasteiger partial charge in [0.25, 0.3) is 0 Å². The zero-order chi connectivity index (χ0) is 13.1. The maximum atomic E-state index is 9.08. The second kappa shape index (κ2) is 5.51. The van der Waals surface area contributed by atoms with Crippen molar-refractivity contribution in [3.8, 4) is 6.07 Å². The molecule has 0 atom stereocenters. The molecule has 1 aromatic heterocycles. The Bertz CT molecular complexity index is 633. The van der Waals surface area contributed by atoms with E-state index in [0.29, 0.717) is 5.56 Å². The predicted molar refractivity (Wildman–Crippen MR) is 78.8 cm³/mol. The van der Waals surface area contributed by atoms with Gasteiger partial charge in [0.2, 0.25) is 0 Å². The van der Waals surface area contributed by atoms with Crippen molar-refractivity contribution in [3.05, 3.63) is 50.5 Å². The van der Waals surface area contributed by atoms with Crippen molar-refractivity contribution in [2.75, 3.05) is 5.32 Å². The molecule has 0 aliphatic heterocycles. The first kappa shape index (κ1) is 13.1. The van der Waals surface area contributed by atoms with Crippen LogP contribution >= 0.6 is 31.9 Å². The number of anilines is 2. The molecule has 0 spiro atoms. The van der Waals surface area contributed by atoms with E-state index in [9.17, 15) is 0 Å². The molecular weight excluding hydrogens is 358 g/mol. The van der Waals surface area contributed by atoms with E-state index in [0.717, 1.165) is 26.0 Å². The normalized spacial score (nSPS) is 9.89. The van der Waals surface area contributed by atoms with E-state index in [1.54, 1.807) is 12.3 Å². The smallest absolute Gasteiger partial charge is 0.130 e. The number of nitrogens with zero attached hydrogens (tertiary/aromatic N) is 2. The van der Waals surface area contributed by atoms with Gasteiger partial charge in [-0.05, 0) is 52.7 Å². The number of hydrogen-bond donors (Lipinski definition) is 1. The number of hydrogen-bond acceptors (Lipinski definition) is 3. The summed E-state index contributed by atoms with van der Waals surface area (Å²) in [5, 5.41) is 12.2. The lowest BCUT2D eigenvalue weighted by Crippen LogP contribution is -1.96. The molecule has 0 fully saturated rings. The third kappa shape index (κ3) is 2.89. The van der Waals surface area contributed by atoms with Gasteiger partial charge < -0.3 is 5.32 Å². The van der Waals surface area contributed by atoms with Crippen molar-refractivity contribution in [3.63, 3.8) is 0 Å². The van der Waals surface area contributed by atoms with E-state index in [2.05, 4.69) is 48.2 Å². The first-order chi connectivity index (χ1) is 8.60. The fraction of sp³-hybridized carbons (Fsp3) is 0.0769. The second-order valence-electron chi connectivity index (χ2n) is 3.75. The minimum absolute atomic E-state index is 0.576. The number of aryl methyl sites for hydroxylation is 1. The van der Waals surface area contributed by atoms with Crippen molar-refractivity contribution >= 4 is 43.4 Å². The Morgan fingerprint density at radius 1 is 1.28 bits per heavy atom. The van der Waals surface area contributed by atoms with Gasteiger partial charge in [-0.2, -0.15) is 5.26 Å². The van der Waals surface area contributed by atoms with Crippen LogP contribution in [0.3, 0.4) is 0 Å². The molecule has 0 radical (unpaired) electrons. The maximum Gasteiger partial charge on any atom is 0.130 e. The Kier molecular flexibility index (Phi) is 4.00. The molecule has 1 N–H and O–H groups in total. The Labute approximate surface area is 122 Å². The number of pyridine rings is 1. The Morgan fingerprint density at radius 2 is 2.06 bits per heavy atom. The van der Waals surface area contributed by atoms with Crippen LogP contribution < -0.4 is 5.32 Å². The summed E-state index contributed by atoms with van der Waals surface area (Å²) >= 11 is 6.75. The summed E-state index contributed by atoms with van der Waals surface area (Å²) in [4.78, 5) is 4.25. The lowest BCUT2D eigenvalue weighted by atomic mass is 10.2. The Hall–Kier alpha value is -1.38. The summed E-state index contributed by atoms with van der Waals surface area (Å²) in [5.41, 5.74) is 2.41. The highest BCUT2D eigenvalue weighted by Crippen LogP contribution is 2.24. The van der Waals surface area contributed by atoms with Gasteiger partial charge in [-0.15, -0.1) is 0 Å². The second-order valence-corrected chi connectivity index (χ2v) is 5.52. The van der Waals surface area contributed by atoms with Gasteiger partial charge in [-0.1, -0.05) is 15.9 Å². The zero-order valence-electron chi connectivity index (χ0n) is 9.54. The predicted octanol–water partition coefficient (Wildman–Crippen LogP) is 4.53. The summed E-state index contributed by atoms with van der Waals surface area (Å²) in [6, 6.07) is 9.58. The molecule has 0 saturated heterocycles. The lowest BCUT2D eigenvalue weighted by Gasteiger charge is -2.09. The number of rotatable bonds is 2. The lowest BCUT2D eigenvalue weighted by molar-refractivity contribution is 1.25. The highest BCUT2D eigenvalue weighted by atomic mass is 79.9. The van der Waals surface area contributed by atoms with E-state index < -0.39 is 0 Å². The van der Waals surface area contributed by atoms with Gasteiger partial charge in [-0.3, -0.25) is 0 Å². The number of nitriles is 1. The number of nitrogens with one attached hydrogen (secondary N) is 1. The van der Waals surface area contributed by atoms with E-state index in [1.807, 2.05) is 25.1 Å². The van der Waals surface area contributed by atoms with Gasteiger partial charge in [0.05, 0.1) is 11.3 Å². The Morgan fingerprint density at radius 3 is 2.72 bits per heavy atom. The van der Waals surface area contributed by atoms with Crippen molar-refractivity contribution in [1.29, 1.82) is 5.26 Å². The monoisotopic (exact) mass is 365 g/mol. The maximum absolute atomic E-state index is 9.08. The number of aromatic nitrogens is 1. The topological polar surface area (TPSA) is 48.7 Å². The molecule has 1 heterocycles. The minimum Gasteiger partial charge on any atom is -0.339 e. The molecule has 3 nitrogen and oxygen atoms in total. The quantitative estimate of drug-likeness (QED) is 0.849. The third-order valence-electron chi connectivity index (χ3n) is 2.41.